The van der Waals surface area contributed by atoms with Crippen molar-refractivity contribution in [1.29, 1.82) is 0 Å². The molecule has 0 aliphatic carbocycles. The lowest BCUT2D eigenvalue weighted by Gasteiger charge is -2.07. The van der Waals surface area contributed by atoms with E-state index in [0.717, 1.165) is 26.2 Å². The Balaban J connectivity index is 2.44. The minimum absolute atomic E-state index is 0.975. The molecule has 3 heteroatoms. The van der Waals surface area contributed by atoms with Gasteiger partial charge in [0.05, 0.1) is 0 Å². The number of halogens is 1. The van der Waals surface area contributed by atoms with Crippen molar-refractivity contribution < 1.29 is 4.57 Å². The number of benzene rings is 2. The molecular formula is C13H10BrOP. The summed E-state index contributed by atoms with van der Waals surface area (Å²) in [7, 11) is -2.38. The maximum absolute atomic E-state index is 12.8. The normalized spacial score (nSPS) is 21.6. The van der Waals surface area contributed by atoms with Crippen LogP contribution in [0, 0.1) is 0 Å². The van der Waals surface area contributed by atoms with Gasteiger partial charge in [0, 0.05) is 15.1 Å². The Morgan fingerprint density at radius 2 is 1.69 bits per heavy atom. The van der Waals surface area contributed by atoms with Crippen molar-refractivity contribution in [3.63, 3.8) is 0 Å². The van der Waals surface area contributed by atoms with Crippen LogP contribution in [0.5, 0.6) is 0 Å². The lowest BCUT2D eigenvalue weighted by molar-refractivity contribution is 0.591. The zero-order valence-corrected chi connectivity index (χ0v) is 11.3. The summed E-state index contributed by atoms with van der Waals surface area (Å²) in [6.45, 7) is 1.85. The van der Waals surface area contributed by atoms with Gasteiger partial charge in [-0.05, 0) is 29.9 Å². The van der Waals surface area contributed by atoms with Gasteiger partial charge in [0.15, 0.2) is 0 Å². The Labute approximate surface area is 103 Å². The van der Waals surface area contributed by atoms with Crippen LogP contribution in [-0.4, -0.2) is 6.66 Å². The Hall–Kier alpha value is -0.850. The molecule has 2 aromatic carbocycles. The molecule has 0 spiro atoms. The van der Waals surface area contributed by atoms with Gasteiger partial charge in [-0.3, -0.25) is 0 Å². The minimum Gasteiger partial charge on any atom is -0.314 e. The largest absolute Gasteiger partial charge is 0.314 e. The monoisotopic (exact) mass is 292 g/mol. The van der Waals surface area contributed by atoms with Gasteiger partial charge in [0.1, 0.15) is 7.14 Å². The number of hydrogen-bond acceptors (Lipinski definition) is 1. The van der Waals surface area contributed by atoms with Crippen LogP contribution < -0.4 is 10.6 Å². The lowest BCUT2D eigenvalue weighted by Crippen LogP contribution is -2.07. The third-order valence-corrected chi connectivity index (χ3v) is 6.17. The molecule has 0 aromatic heterocycles. The van der Waals surface area contributed by atoms with Crippen molar-refractivity contribution in [2.45, 2.75) is 0 Å². The van der Waals surface area contributed by atoms with Crippen molar-refractivity contribution >= 4 is 33.7 Å². The van der Waals surface area contributed by atoms with E-state index in [1.807, 2.05) is 49.1 Å². The van der Waals surface area contributed by atoms with Gasteiger partial charge in [-0.2, -0.15) is 0 Å². The van der Waals surface area contributed by atoms with E-state index < -0.39 is 7.14 Å². The van der Waals surface area contributed by atoms with Gasteiger partial charge in [-0.1, -0.05) is 46.3 Å². The second-order valence-corrected chi connectivity index (χ2v) is 7.83. The smallest absolute Gasteiger partial charge is 0.141 e. The second kappa shape index (κ2) is 3.32. The SMILES string of the molecule is CP1(=O)c2ccccc2-c2ccc(Br)cc21. The highest BCUT2D eigenvalue weighted by Crippen LogP contribution is 2.50. The molecule has 0 N–H and O–H groups in total. The molecule has 80 valence electrons. The number of rotatable bonds is 0. The summed E-state index contributed by atoms with van der Waals surface area (Å²) in [4.78, 5) is 0. The molecule has 1 unspecified atom stereocenters. The third-order valence-electron chi connectivity index (χ3n) is 3.07. The minimum atomic E-state index is -2.38. The van der Waals surface area contributed by atoms with Crippen molar-refractivity contribution in [3.8, 4) is 11.1 Å². The summed E-state index contributed by atoms with van der Waals surface area (Å²) in [5, 5.41) is 1.96. The van der Waals surface area contributed by atoms with Crippen LogP contribution in [0.25, 0.3) is 11.1 Å². The summed E-state index contributed by atoms with van der Waals surface area (Å²) >= 11 is 3.44. The fraction of sp³-hybridized carbons (Fsp3) is 0.0769. The summed E-state index contributed by atoms with van der Waals surface area (Å²) in [5.74, 6) is 0. The summed E-state index contributed by atoms with van der Waals surface area (Å²) in [6.07, 6.45) is 0. The Morgan fingerprint density at radius 1 is 1.00 bits per heavy atom. The quantitative estimate of drug-likeness (QED) is 0.681. The molecule has 0 radical (unpaired) electrons. The average molecular weight is 293 g/mol. The van der Waals surface area contributed by atoms with E-state index in [-0.39, 0.29) is 0 Å². The van der Waals surface area contributed by atoms with Gasteiger partial charge in [-0.15, -0.1) is 0 Å². The van der Waals surface area contributed by atoms with Crippen molar-refractivity contribution in [2.24, 2.45) is 0 Å². The zero-order valence-electron chi connectivity index (χ0n) is 8.77. The Kier molecular flexibility index (Phi) is 2.14. The van der Waals surface area contributed by atoms with E-state index in [2.05, 4.69) is 15.9 Å². The second-order valence-electron chi connectivity index (χ2n) is 4.10. The van der Waals surface area contributed by atoms with E-state index in [1.165, 1.54) is 0 Å². The molecule has 0 saturated heterocycles. The molecule has 0 amide bonds. The predicted molar refractivity (Wildman–Crippen MR) is 72.4 cm³/mol. The number of hydrogen-bond donors (Lipinski definition) is 0. The highest BCUT2D eigenvalue weighted by atomic mass is 79.9. The van der Waals surface area contributed by atoms with Crippen LogP contribution >= 0.6 is 23.1 Å². The van der Waals surface area contributed by atoms with Crippen LogP contribution in [0.4, 0.5) is 0 Å². The number of fused-ring (bicyclic) bond motifs is 3. The van der Waals surface area contributed by atoms with Crippen LogP contribution in [0.1, 0.15) is 0 Å². The Bertz CT molecular complexity index is 634. The van der Waals surface area contributed by atoms with Crippen molar-refractivity contribution in [2.75, 3.05) is 6.66 Å². The molecule has 2 aromatic rings. The Morgan fingerprint density at radius 3 is 2.50 bits per heavy atom. The van der Waals surface area contributed by atoms with E-state index in [9.17, 15) is 4.57 Å². The first-order valence-electron chi connectivity index (χ1n) is 5.08. The van der Waals surface area contributed by atoms with Gasteiger partial charge in [0.25, 0.3) is 0 Å². The molecule has 16 heavy (non-hydrogen) atoms. The van der Waals surface area contributed by atoms with Crippen LogP contribution in [0.2, 0.25) is 0 Å². The van der Waals surface area contributed by atoms with Crippen molar-refractivity contribution in [3.05, 3.63) is 46.9 Å². The average Bonchev–Trinajstić information content (AvgIpc) is 2.49. The van der Waals surface area contributed by atoms with E-state index in [1.54, 1.807) is 0 Å². The first kappa shape index (κ1) is 10.3. The van der Waals surface area contributed by atoms with Gasteiger partial charge in [0.2, 0.25) is 0 Å². The lowest BCUT2D eigenvalue weighted by atomic mass is 10.1. The van der Waals surface area contributed by atoms with E-state index in [4.69, 9.17) is 0 Å². The van der Waals surface area contributed by atoms with Gasteiger partial charge < -0.3 is 4.57 Å². The molecule has 1 aliphatic heterocycles. The first-order valence-corrected chi connectivity index (χ1v) is 8.03. The van der Waals surface area contributed by atoms with Gasteiger partial charge in [-0.25, -0.2) is 0 Å². The highest BCUT2D eigenvalue weighted by molar-refractivity contribution is 9.10. The zero-order chi connectivity index (χ0) is 11.3. The fourth-order valence-corrected chi connectivity index (χ4v) is 5.15. The van der Waals surface area contributed by atoms with Crippen LogP contribution in [0.15, 0.2) is 46.9 Å². The summed E-state index contributed by atoms with van der Waals surface area (Å²) in [5.41, 5.74) is 2.24. The summed E-state index contributed by atoms with van der Waals surface area (Å²) < 4.78 is 13.8. The van der Waals surface area contributed by atoms with Crippen LogP contribution in [0.3, 0.4) is 0 Å². The molecule has 0 fully saturated rings. The van der Waals surface area contributed by atoms with Crippen molar-refractivity contribution in [1.82, 2.24) is 0 Å². The molecule has 0 bridgehead atoms. The van der Waals surface area contributed by atoms with Gasteiger partial charge >= 0.3 is 0 Å². The molecule has 1 atom stereocenters. The van der Waals surface area contributed by atoms with E-state index in [0.29, 0.717) is 0 Å². The third kappa shape index (κ3) is 1.27. The topological polar surface area (TPSA) is 17.1 Å². The van der Waals surface area contributed by atoms with Crippen LogP contribution in [-0.2, 0) is 4.57 Å². The fourth-order valence-electron chi connectivity index (χ4n) is 2.29. The standard InChI is InChI=1S/C13H10BrOP/c1-16(15)12-5-3-2-4-10(12)11-7-6-9(14)8-13(11)16/h2-8H,1H3. The molecular weight excluding hydrogens is 283 g/mol. The maximum Gasteiger partial charge on any atom is 0.141 e. The molecule has 3 rings (SSSR count). The molecule has 1 aliphatic rings. The maximum atomic E-state index is 12.8. The predicted octanol–water partition coefficient (Wildman–Crippen LogP) is 3.37. The highest BCUT2D eigenvalue weighted by Gasteiger charge is 2.34. The van der Waals surface area contributed by atoms with E-state index >= 15 is 0 Å². The summed E-state index contributed by atoms with van der Waals surface area (Å²) in [6, 6.07) is 14.0. The molecule has 1 nitrogen and oxygen atoms in total. The first-order chi connectivity index (χ1) is 7.60. The molecule has 1 heterocycles. The molecule has 0 saturated carbocycles.